The Bertz CT molecular complexity index is 1290. The molecule has 30 heavy (non-hydrogen) atoms. The molecule has 1 unspecified atom stereocenters. The molecule has 0 bridgehead atoms. The number of nitrogens with one attached hydrogen (secondary N) is 1. The van der Waals surface area contributed by atoms with Crippen molar-refractivity contribution in [1.29, 1.82) is 0 Å². The molecular weight excluding hydrogens is 468 g/mol. The second-order valence-corrected chi connectivity index (χ2v) is 8.94. The van der Waals surface area contributed by atoms with Gasteiger partial charge >= 0.3 is 6.03 Å². The van der Waals surface area contributed by atoms with E-state index in [4.69, 9.17) is 4.52 Å². The fourth-order valence-corrected chi connectivity index (χ4v) is 5.02. The molecule has 1 aliphatic rings. The number of nitrogens with zero attached hydrogens (tertiary/aromatic N) is 3. The van der Waals surface area contributed by atoms with Crippen LogP contribution in [-0.2, 0) is 16.9 Å². The normalized spacial score (nSPS) is 18.9. The summed E-state index contributed by atoms with van der Waals surface area (Å²) in [6.07, 6.45) is 0. The molecule has 4 aromatic rings. The Labute approximate surface area is 183 Å². The molecule has 1 saturated heterocycles. The number of hydrogen-bond acceptors (Lipinski definition) is 6. The van der Waals surface area contributed by atoms with Gasteiger partial charge in [-0.2, -0.15) is 4.98 Å². The smallest absolute Gasteiger partial charge is 0.325 e. The summed E-state index contributed by atoms with van der Waals surface area (Å²) in [7, 11) is 0. The lowest BCUT2D eigenvalue weighted by atomic mass is 9.88. The van der Waals surface area contributed by atoms with Crippen LogP contribution in [0.3, 0.4) is 0 Å². The molecule has 150 valence electrons. The number of fused-ring (bicyclic) bond motifs is 1. The summed E-state index contributed by atoms with van der Waals surface area (Å²) >= 11 is 4.86. The molecule has 3 amide bonds. The highest BCUT2D eigenvalue weighted by atomic mass is 79.9. The van der Waals surface area contributed by atoms with Gasteiger partial charge in [0.25, 0.3) is 5.91 Å². The van der Waals surface area contributed by atoms with E-state index in [1.54, 1.807) is 6.92 Å². The van der Waals surface area contributed by atoms with Crippen LogP contribution in [0, 0.1) is 0 Å². The summed E-state index contributed by atoms with van der Waals surface area (Å²) in [5, 5.41) is 10.6. The zero-order chi connectivity index (χ0) is 20.9. The first-order valence-electron chi connectivity index (χ1n) is 9.15. The Morgan fingerprint density at radius 2 is 2.00 bits per heavy atom. The van der Waals surface area contributed by atoms with Crippen molar-refractivity contribution in [3.8, 4) is 10.7 Å². The van der Waals surface area contributed by atoms with Crippen molar-refractivity contribution in [3.63, 3.8) is 0 Å². The Kier molecular flexibility index (Phi) is 4.44. The van der Waals surface area contributed by atoms with E-state index in [2.05, 4.69) is 31.4 Å². The fraction of sp³-hybridized carbons (Fsp3) is 0.143. The van der Waals surface area contributed by atoms with Gasteiger partial charge in [0.05, 0.1) is 4.88 Å². The molecule has 2 aromatic heterocycles. The SMILES string of the molecule is CC1(c2cccc3ccccc23)NC(=O)N(Cc2nc(-c3cc(Br)cs3)no2)C1=O. The first-order valence-corrected chi connectivity index (χ1v) is 10.8. The van der Waals surface area contributed by atoms with Gasteiger partial charge in [-0.1, -0.05) is 47.6 Å². The lowest BCUT2D eigenvalue weighted by molar-refractivity contribution is -0.131. The van der Waals surface area contributed by atoms with E-state index in [0.29, 0.717) is 5.82 Å². The summed E-state index contributed by atoms with van der Waals surface area (Å²) in [4.78, 5) is 32.3. The van der Waals surface area contributed by atoms with E-state index in [9.17, 15) is 9.59 Å². The molecule has 1 atom stereocenters. The molecular formula is C21H15BrN4O3S. The van der Waals surface area contributed by atoms with Gasteiger partial charge in [0, 0.05) is 9.85 Å². The highest BCUT2D eigenvalue weighted by molar-refractivity contribution is 9.10. The number of amides is 3. The van der Waals surface area contributed by atoms with E-state index in [0.717, 1.165) is 30.6 Å². The lowest BCUT2D eigenvalue weighted by Gasteiger charge is -2.23. The van der Waals surface area contributed by atoms with Crippen molar-refractivity contribution in [2.75, 3.05) is 0 Å². The topological polar surface area (TPSA) is 88.3 Å². The van der Waals surface area contributed by atoms with Crippen LogP contribution in [0.4, 0.5) is 4.79 Å². The number of rotatable bonds is 4. The molecule has 0 saturated carbocycles. The highest BCUT2D eigenvalue weighted by Crippen LogP contribution is 2.34. The number of aromatic nitrogens is 2. The minimum absolute atomic E-state index is 0.0927. The molecule has 7 nitrogen and oxygen atoms in total. The third-order valence-corrected chi connectivity index (χ3v) is 6.84. The number of urea groups is 1. The van der Waals surface area contributed by atoms with Crippen LogP contribution >= 0.6 is 27.3 Å². The monoisotopic (exact) mass is 482 g/mol. The van der Waals surface area contributed by atoms with Crippen molar-refractivity contribution in [2.45, 2.75) is 19.0 Å². The van der Waals surface area contributed by atoms with Crippen LogP contribution in [0.2, 0.25) is 0 Å². The van der Waals surface area contributed by atoms with Crippen molar-refractivity contribution < 1.29 is 14.1 Å². The molecule has 0 radical (unpaired) electrons. The Morgan fingerprint density at radius 1 is 1.20 bits per heavy atom. The standard InChI is InChI=1S/C21H15BrN4O3S/c1-21(15-8-4-6-12-5-2-3-7-14(12)15)19(27)26(20(28)24-21)10-17-23-18(25-29-17)16-9-13(22)11-30-16/h2-9,11H,10H2,1H3,(H,24,28). The van der Waals surface area contributed by atoms with Gasteiger partial charge < -0.3 is 9.84 Å². The molecule has 9 heteroatoms. The zero-order valence-electron chi connectivity index (χ0n) is 15.8. The van der Waals surface area contributed by atoms with Gasteiger partial charge in [-0.3, -0.25) is 9.69 Å². The number of carbonyl (C=O) groups excluding carboxylic acids is 2. The maximum Gasteiger partial charge on any atom is 0.325 e. The maximum absolute atomic E-state index is 13.3. The maximum atomic E-state index is 13.3. The van der Waals surface area contributed by atoms with Gasteiger partial charge in [0.1, 0.15) is 12.1 Å². The number of hydrogen-bond donors (Lipinski definition) is 1. The van der Waals surface area contributed by atoms with Gasteiger partial charge in [0.15, 0.2) is 0 Å². The van der Waals surface area contributed by atoms with Crippen molar-refractivity contribution in [2.24, 2.45) is 0 Å². The summed E-state index contributed by atoms with van der Waals surface area (Å²) in [5.74, 6) is 0.257. The molecule has 1 aliphatic heterocycles. The van der Waals surface area contributed by atoms with Crippen LogP contribution in [0.15, 0.2) is 62.9 Å². The van der Waals surface area contributed by atoms with E-state index in [1.165, 1.54) is 11.3 Å². The number of halogens is 1. The van der Waals surface area contributed by atoms with E-state index in [-0.39, 0.29) is 18.3 Å². The average molecular weight is 483 g/mol. The molecule has 1 fully saturated rings. The highest BCUT2D eigenvalue weighted by Gasteiger charge is 2.50. The van der Waals surface area contributed by atoms with Crippen molar-refractivity contribution in [1.82, 2.24) is 20.4 Å². The second kappa shape index (κ2) is 7.03. The summed E-state index contributed by atoms with van der Waals surface area (Å²) in [5.41, 5.74) is -0.435. The van der Waals surface area contributed by atoms with Gasteiger partial charge in [-0.25, -0.2) is 4.79 Å². The first-order chi connectivity index (χ1) is 14.5. The summed E-state index contributed by atoms with van der Waals surface area (Å²) in [6.45, 7) is 1.63. The van der Waals surface area contributed by atoms with Crippen LogP contribution in [0.1, 0.15) is 18.4 Å². The predicted octanol–water partition coefficient (Wildman–Crippen LogP) is 4.68. The largest absolute Gasteiger partial charge is 0.337 e. The third kappa shape index (κ3) is 3.01. The number of carbonyl (C=O) groups is 2. The quantitative estimate of drug-likeness (QED) is 0.426. The van der Waals surface area contributed by atoms with Gasteiger partial charge in [-0.05, 0) is 45.3 Å². The summed E-state index contributed by atoms with van der Waals surface area (Å²) in [6, 6.07) is 14.9. The second-order valence-electron chi connectivity index (χ2n) is 7.11. The van der Waals surface area contributed by atoms with Crippen molar-refractivity contribution in [3.05, 3.63) is 69.8 Å². The van der Waals surface area contributed by atoms with Crippen LogP contribution in [0.5, 0.6) is 0 Å². The molecule has 3 heterocycles. The first kappa shape index (κ1) is 19.0. The van der Waals surface area contributed by atoms with E-state index < -0.39 is 11.6 Å². The lowest BCUT2D eigenvalue weighted by Crippen LogP contribution is -2.41. The van der Waals surface area contributed by atoms with E-state index in [1.807, 2.05) is 53.9 Å². The zero-order valence-corrected chi connectivity index (χ0v) is 18.2. The Balaban J connectivity index is 1.45. The van der Waals surface area contributed by atoms with Gasteiger partial charge in [0.2, 0.25) is 11.7 Å². The Hall–Kier alpha value is -3.04. The Morgan fingerprint density at radius 3 is 2.80 bits per heavy atom. The van der Waals surface area contributed by atoms with Gasteiger partial charge in [-0.15, -0.1) is 11.3 Å². The van der Waals surface area contributed by atoms with Crippen LogP contribution in [0.25, 0.3) is 21.5 Å². The fourth-order valence-electron chi connectivity index (χ4n) is 3.67. The van der Waals surface area contributed by atoms with E-state index >= 15 is 0 Å². The molecule has 5 rings (SSSR count). The molecule has 0 spiro atoms. The van der Waals surface area contributed by atoms with Crippen LogP contribution in [-0.4, -0.2) is 27.0 Å². The number of thiophene rings is 1. The third-order valence-electron chi connectivity index (χ3n) is 5.15. The number of benzene rings is 2. The average Bonchev–Trinajstić information content (AvgIpc) is 3.44. The molecule has 1 N–H and O–H groups in total. The number of imide groups is 1. The van der Waals surface area contributed by atoms with Crippen LogP contribution < -0.4 is 5.32 Å². The summed E-state index contributed by atoms with van der Waals surface area (Å²) < 4.78 is 6.21. The minimum atomic E-state index is -1.18. The molecule has 0 aliphatic carbocycles. The van der Waals surface area contributed by atoms with Crippen molar-refractivity contribution >= 4 is 50.0 Å². The minimum Gasteiger partial charge on any atom is -0.337 e. The predicted molar refractivity (Wildman–Crippen MR) is 116 cm³/mol. The molecule has 2 aromatic carbocycles.